The molecule has 0 atom stereocenters. The summed E-state index contributed by atoms with van der Waals surface area (Å²) in [5.74, 6) is -1.63. The van der Waals surface area contributed by atoms with Gasteiger partial charge in [0.2, 0.25) is 0 Å². The van der Waals surface area contributed by atoms with Crippen molar-refractivity contribution < 1.29 is 23.8 Å². The Kier molecular flexibility index (Phi) is 6.25. The number of hydrogen-bond acceptors (Lipinski definition) is 5. The molecule has 0 radical (unpaired) electrons. The van der Waals surface area contributed by atoms with E-state index in [0.717, 1.165) is 0 Å². The third-order valence-electron chi connectivity index (χ3n) is 3.54. The molecule has 7 heteroatoms. The Hall–Kier alpha value is -2.28. The molecule has 1 aromatic carbocycles. The fourth-order valence-corrected chi connectivity index (χ4v) is 2.73. The third-order valence-corrected chi connectivity index (χ3v) is 4.14. The van der Waals surface area contributed by atoms with Crippen LogP contribution in [0.3, 0.4) is 0 Å². The maximum atomic E-state index is 13.3. The number of halogens is 2. The second-order valence-electron chi connectivity index (χ2n) is 5.37. The van der Waals surface area contributed by atoms with E-state index in [9.17, 15) is 19.1 Å². The lowest BCUT2D eigenvalue weighted by molar-refractivity contribution is -0.143. The van der Waals surface area contributed by atoms with E-state index in [0.29, 0.717) is 21.3 Å². The van der Waals surface area contributed by atoms with Crippen molar-refractivity contribution in [3.63, 3.8) is 0 Å². The van der Waals surface area contributed by atoms with Crippen molar-refractivity contribution in [2.24, 2.45) is 0 Å². The van der Waals surface area contributed by atoms with E-state index in [1.807, 2.05) is 0 Å². The largest absolute Gasteiger partial charge is 0.504 e. The molecule has 2 rings (SSSR count). The Morgan fingerprint density at radius 3 is 2.64 bits per heavy atom. The van der Waals surface area contributed by atoms with Crippen molar-refractivity contribution in [3.8, 4) is 17.0 Å². The minimum absolute atomic E-state index is 0.0920. The summed E-state index contributed by atoms with van der Waals surface area (Å²) in [6, 6.07) is 5.77. The van der Waals surface area contributed by atoms with Crippen LogP contribution in [0.5, 0.6) is 5.75 Å². The molecule has 5 nitrogen and oxygen atoms in total. The second kappa shape index (κ2) is 8.20. The zero-order chi connectivity index (χ0) is 18.6. The summed E-state index contributed by atoms with van der Waals surface area (Å²) >= 11 is 3.20. The highest BCUT2D eigenvalue weighted by molar-refractivity contribution is 9.10. The van der Waals surface area contributed by atoms with Crippen LogP contribution in [0.2, 0.25) is 0 Å². The Morgan fingerprint density at radius 1 is 1.28 bits per heavy atom. The molecule has 1 heterocycles. The first-order valence-corrected chi connectivity index (χ1v) is 8.47. The van der Waals surface area contributed by atoms with Gasteiger partial charge in [-0.25, -0.2) is 9.37 Å². The predicted molar refractivity (Wildman–Crippen MR) is 93.9 cm³/mol. The number of hydrogen-bond donors (Lipinski definition) is 1. The van der Waals surface area contributed by atoms with Gasteiger partial charge in [-0.1, -0.05) is 0 Å². The van der Waals surface area contributed by atoms with Gasteiger partial charge in [0.15, 0.2) is 11.5 Å². The molecule has 0 saturated carbocycles. The molecule has 0 aliphatic rings. The molecule has 0 amide bonds. The molecule has 0 spiro atoms. The normalized spacial score (nSPS) is 10.6. The highest BCUT2D eigenvalue weighted by Crippen LogP contribution is 2.33. The van der Waals surface area contributed by atoms with E-state index in [1.165, 1.54) is 12.1 Å². The molecule has 0 aliphatic heterocycles. The van der Waals surface area contributed by atoms with Gasteiger partial charge in [-0.05, 0) is 59.6 Å². The highest BCUT2D eigenvalue weighted by atomic mass is 79.9. The smallest absolute Gasteiger partial charge is 0.306 e. The monoisotopic (exact) mass is 409 g/mol. The number of aryl methyl sites for hydroxylation is 1. The van der Waals surface area contributed by atoms with E-state index in [1.54, 1.807) is 26.0 Å². The van der Waals surface area contributed by atoms with Crippen LogP contribution in [-0.2, 0) is 9.53 Å². The molecular weight excluding hydrogens is 393 g/mol. The highest BCUT2D eigenvalue weighted by Gasteiger charge is 2.20. The first kappa shape index (κ1) is 19.1. The Labute approximate surface area is 153 Å². The first-order valence-electron chi connectivity index (χ1n) is 7.68. The van der Waals surface area contributed by atoms with Crippen LogP contribution in [0.1, 0.15) is 35.8 Å². The van der Waals surface area contributed by atoms with Gasteiger partial charge in [0, 0.05) is 12.0 Å². The van der Waals surface area contributed by atoms with Gasteiger partial charge < -0.3 is 9.84 Å². The molecule has 1 N–H and O–H groups in total. The lowest BCUT2D eigenvalue weighted by atomic mass is 10.0. The van der Waals surface area contributed by atoms with E-state index in [-0.39, 0.29) is 36.7 Å². The average Bonchev–Trinajstić information content (AvgIpc) is 2.55. The summed E-state index contributed by atoms with van der Waals surface area (Å²) in [6.45, 7) is 3.64. The van der Waals surface area contributed by atoms with Crippen molar-refractivity contribution >= 4 is 27.7 Å². The molecule has 0 unspecified atom stereocenters. The number of carbonyl (C=O) groups is 2. The number of carbonyl (C=O) groups excluding carboxylic acids is 2. The maximum absolute atomic E-state index is 13.3. The summed E-state index contributed by atoms with van der Waals surface area (Å²) in [5.41, 5.74) is 1.57. The molecular formula is C18H17BrFNO4. The first-order chi connectivity index (χ1) is 11.8. The van der Waals surface area contributed by atoms with Crippen molar-refractivity contribution in [1.82, 2.24) is 4.98 Å². The van der Waals surface area contributed by atoms with Crippen LogP contribution in [0, 0.1) is 12.7 Å². The number of benzene rings is 1. The standard InChI is InChI=1S/C18H17BrFNO4/c1-3-25-16(23)7-6-15(22)17-18(24)13(19)9-14(21-17)12-5-4-11(20)8-10(12)2/h4-5,8-9,24H,3,6-7H2,1-2H3. The summed E-state index contributed by atoms with van der Waals surface area (Å²) in [7, 11) is 0. The Bertz CT molecular complexity index is 823. The number of rotatable bonds is 6. The maximum Gasteiger partial charge on any atom is 0.306 e. The molecule has 1 aromatic heterocycles. The molecule has 0 aliphatic carbocycles. The summed E-state index contributed by atoms with van der Waals surface area (Å²) in [4.78, 5) is 27.9. The number of ether oxygens (including phenoxy) is 1. The Morgan fingerprint density at radius 2 is 2.00 bits per heavy atom. The van der Waals surface area contributed by atoms with Crippen LogP contribution < -0.4 is 0 Å². The quantitative estimate of drug-likeness (QED) is 0.571. The lowest BCUT2D eigenvalue weighted by Crippen LogP contribution is -2.10. The minimum Gasteiger partial charge on any atom is -0.504 e. The zero-order valence-electron chi connectivity index (χ0n) is 13.8. The van der Waals surface area contributed by atoms with Gasteiger partial charge in [-0.2, -0.15) is 0 Å². The number of aromatic nitrogens is 1. The van der Waals surface area contributed by atoms with Gasteiger partial charge in [0.05, 0.1) is 23.2 Å². The predicted octanol–water partition coefficient (Wildman–Crippen LogP) is 4.19. The molecule has 25 heavy (non-hydrogen) atoms. The van der Waals surface area contributed by atoms with Gasteiger partial charge >= 0.3 is 5.97 Å². The van der Waals surface area contributed by atoms with E-state index in [2.05, 4.69) is 20.9 Å². The molecule has 0 fully saturated rings. The van der Waals surface area contributed by atoms with Crippen molar-refractivity contribution in [1.29, 1.82) is 0 Å². The van der Waals surface area contributed by atoms with E-state index in [4.69, 9.17) is 4.74 Å². The Balaban J connectivity index is 2.34. The van der Waals surface area contributed by atoms with Gasteiger partial charge in [0.1, 0.15) is 11.5 Å². The number of Topliss-reactive ketones (excluding diaryl/α,β-unsaturated/α-hetero) is 1. The average molecular weight is 410 g/mol. The van der Waals surface area contributed by atoms with Gasteiger partial charge in [-0.3, -0.25) is 9.59 Å². The number of aromatic hydroxyl groups is 1. The van der Waals surface area contributed by atoms with Crippen LogP contribution in [0.25, 0.3) is 11.3 Å². The van der Waals surface area contributed by atoms with Crippen LogP contribution >= 0.6 is 15.9 Å². The summed E-state index contributed by atoms with van der Waals surface area (Å²) in [6.07, 6.45) is -0.219. The fourth-order valence-electron chi connectivity index (χ4n) is 2.32. The molecule has 132 valence electrons. The van der Waals surface area contributed by atoms with Crippen molar-refractivity contribution in [3.05, 3.63) is 45.8 Å². The van der Waals surface area contributed by atoms with Crippen molar-refractivity contribution in [2.75, 3.05) is 6.61 Å². The third kappa shape index (κ3) is 4.63. The number of nitrogens with zero attached hydrogens (tertiary/aromatic N) is 1. The van der Waals surface area contributed by atoms with Crippen LogP contribution in [-0.4, -0.2) is 28.4 Å². The number of esters is 1. The van der Waals surface area contributed by atoms with Gasteiger partial charge in [0.25, 0.3) is 0 Å². The second-order valence-corrected chi connectivity index (χ2v) is 6.23. The minimum atomic E-state index is -0.486. The summed E-state index contributed by atoms with van der Waals surface area (Å²) < 4.78 is 18.4. The van der Waals surface area contributed by atoms with E-state index >= 15 is 0 Å². The van der Waals surface area contributed by atoms with E-state index < -0.39 is 11.8 Å². The number of ketones is 1. The molecule has 0 bridgehead atoms. The topological polar surface area (TPSA) is 76.5 Å². The molecule has 0 saturated heterocycles. The van der Waals surface area contributed by atoms with Gasteiger partial charge in [-0.15, -0.1) is 0 Å². The van der Waals surface area contributed by atoms with Crippen LogP contribution in [0.4, 0.5) is 4.39 Å². The zero-order valence-corrected chi connectivity index (χ0v) is 15.4. The summed E-state index contributed by atoms with van der Waals surface area (Å²) in [5, 5.41) is 10.1. The lowest BCUT2D eigenvalue weighted by Gasteiger charge is -2.10. The van der Waals surface area contributed by atoms with Crippen molar-refractivity contribution in [2.45, 2.75) is 26.7 Å². The number of pyridine rings is 1. The molecule has 2 aromatic rings. The SMILES string of the molecule is CCOC(=O)CCC(=O)c1nc(-c2ccc(F)cc2C)cc(Br)c1O. The fraction of sp³-hybridized carbons (Fsp3) is 0.278. The van der Waals surface area contributed by atoms with Crippen LogP contribution in [0.15, 0.2) is 28.7 Å².